The van der Waals surface area contributed by atoms with Crippen molar-refractivity contribution in [2.75, 3.05) is 11.4 Å². The lowest BCUT2D eigenvalue weighted by Gasteiger charge is -2.22. The summed E-state index contributed by atoms with van der Waals surface area (Å²) in [5, 5.41) is 0.401. The second-order valence-electron chi connectivity index (χ2n) is 7.63. The molecule has 7 heteroatoms. The first kappa shape index (κ1) is 15.5. The molecule has 2 aromatic heterocycles. The van der Waals surface area contributed by atoms with E-state index in [2.05, 4.69) is 9.97 Å². The molecule has 5 rings (SSSR count). The third-order valence-corrected chi connectivity index (χ3v) is 6.55. The van der Waals surface area contributed by atoms with Gasteiger partial charge >= 0.3 is 0 Å². The molecule has 0 aliphatic carbocycles. The summed E-state index contributed by atoms with van der Waals surface area (Å²) >= 11 is 1.13. The molecule has 0 saturated carbocycles. The predicted molar refractivity (Wildman–Crippen MR) is 128 cm³/mol. The third-order valence-electron chi connectivity index (χ3n) is 5.57. The Bertz CT molecular complexity index is 1500. The van der Waals surface area contributed by atoms with Gasteiger partial charge in [0.05, 0.1) is 6.04 Å². The number of fused-ring (bicyclic) bond motifs is 1. The number of hydrogen-bond donors (Lipinski definition) is 0. The van der Waals surface area contributed by atoms with E-state index in [1.54, 1.807) is 65.6 Å². The Morgan fingerprint density at radius 2 is 1.91 bits per heavy atom. The summed E-state index contributed by atoms with van der Waals surface area (Å²) < 4.78 is 41.4. The largest absolute Gasteiger partial charge is 0.338 e. The number of anilines is 1. The molecule has 4 aromatic rings. The molecule has 3 heterocycles. The smallest absolute Gasteiger partial charge is 0.281 e. The van der Waals surface area contributed by atoms with Gasteiger partial charge in [-0.25, -0.2) is 9.97 Å². The van der Waals surface area contributed by atoms with Gasteiger partial charge in [0.15, 0.2) is 21.3 Å². The van der Waals surface area contributed by atoms with Crippen LogP contribution < -0.4 is 10.5 Å². The fraction of sp³-hybridized carbons (Fsp3) is 0.280. The van der Waals surface area contributed by atoms with E-state index >= 15 is 0 Å². The van der Waals surface area contributed by atoms with Crippen LogP contribution in [0, 0.1) is 0 Å². The van der Waals surface area contributed by atoms with Crippen LogP contribution in [0.4, 0.5) is 5.13 Å². The highest BCUT2D eigenvalue weighted by Gasteiger charge is 2.32. The molecule has 0 N–H and O–H groups in total. The zero-order valence-electron chi connectivity index (χ0n) is 22.2. The molecular weight excluding hydrogens is 420 g/mol. The number of aromatic nitrogens is 3. The van der Waals surface area contributed by atoms with Crippen molar-refractivity contribution in [3.05, 3.63) is 76.6 Å². The number of Topliss-reactive ketones (excluding diaryl/α,β-unsaturated/α-hetero) is 1. The van der Waals surface area contributed by atoms with Gasteiger partial charge in [-0.05, 0) is 24.8 Å². The minimum atomic E-state index is -2.76. The minimum Gasteiger partial charge on any atom is -0.338 e. The number of carbonyl (C=O) groups is 1. The third kappa shape index (κ3) is 3.84. The van der Waals surface area contributed by atoms with E-state index in [1.165, 1.54) is 0 Å². The highest BCUT2D eigenvalue weighted by atomic mass is 32.1. The first-order valence-electron chi connectivity index (χ1n) is 12.9. The summed E-state index contributed by atoms with van der Waals surface area (Å²) in [5.74, 6) is -0.221. The Kier molecular flexibility index (Phi) is 4.19. The molecule has 0 bridgehead atoms. The van der Waals surface area contributed by atoms with E-state index in [4.69, 9.17) is 6.85 Å². The van der Waals surface area contributed by atoms with Gasteiger partial charge in [0.2, 0.25) is 0 Å². The molecule has 162 valence electrons. The highest BCUT2D eigenvalue weighted by Crippen LogP contribution is 2.33. The van der Waals surface area contributed by atoms with Crippen molar-refractivity contribution in [1.82, 2.24) is 14.5 Å². The lowest BCUT2D eigenvalue weighted by atomic mass is 10.0. The van der Waals surface area contributed by atoms with E-state index < -0.39 is 24.9 Å². The molecule has 1 aliphatic rings. The second kappa shape index (κ2) is 8.67. The number of nitrogens with zero attached hydrogens (tertiary/aromatic N) is 4. The number of hydrogen-bond acceptors (Lipinski definition) is 6. The molecule has 1 saturated heterocycles. The molecule has 32 heavy (non-hydrogen) atoms. The number of benzene rings is 2. The Balaban J connectivity index is 1.51. The summed E-state index contributed by atoms with van der Waals surface area (Å²) in [6, 6.07) is 16.7. The van der Waals surface area contributed by atoms with Crippen LogP contribution in [-0.4, -0.2) is 32.9 Å². The molecular formula is C25H24N4O2S. The summed E-state index contributed by atoms with van der Waals surface area (Å²) in [4.78, 5) is 37.6. The van der Waals surface area contributed by atoms with Crippen LogP contribution in [0.25, 0.3) is 21.7 Å². The van der Waals surface area contributed by atoms with Crippen molar-refractivity contribution in [3.8, 4) is 11.4 Å². The van der Waals surface area contributed by atoms with Crippen molar-refractivity contribution < 1.29 is 11.6 Å². The van der Waals surface area contributed by atoms with E-state index in [1.807, 2.05) is 0 Å². The first-order chi connectivity index (χ1) is 17.6. The van der Waals surface area contributed by atoms with Gasteiger partial charge in [0.25, 0.3) is 5.56 Å². The Labute approximate surface area is 197 Å². The van der Waals surface area contributed by atoms with Gasteiger partial charge < -0.3 is 4.90 Å². The number of thiazole rings is 1. The summed E-state index contributed by atoms with van der Waals surface area (Å²) in [7, 11) is 0. The number of aryl methyl sites for hydroxylation is 1. The van der Waals surface area contributed by atoms with Crippen LogP contribution >= 0.6 is 11.3 Å². The molecule has 1 fully saturated rings. The molecule has 6 nitrogen and oxygen atoms in total. The van der Waals surface area contributed by atoms with Crippen LogP contribution in [0.15, 0.2) is 65.5 Å². The molecule has 0 radical (unpaired) electrons. The van der Waals surface area contributed by atoms with Crippen molar-refractivity contribution in [2.45, 2.75) is 31.7 Å². The standard InChI is InChI=1S/C25H24N4O2S/c1-28-22(18-11-6-3-7-12-18)27-23-21(24(28)31)26-25(32-23)29-16-8-13-19(29)20(30)15-14-17-9-4-2-5-10-17/h2-7,9-12,19H,8,13-16H2,1H3/t19-/m1/s1/i1D3,14D2. The molecule has 0 amide bonds. The average Bonchev–Trinajstić information content (AvgIpc) is 3.51. The highest BCUT2D eigenvalue weighted by molar-refractivity contribution is 7.21. The van der Waals surface area contributed by atoms with Crippen LogP contribution in [-0.2, 0) is 18.1 Å². The van der Waals surface area contributed by atoms with Gasteiger partial charge in [0, 0.05) is 32.4 Å². The van der Waals surface area contributed by atoms with Crippen LogP contribution in [0.3, 0.4) is 0 Å². The minimum absolute atomic E-state index is 0.0263. The fourth-order valence-corrected chi connectivity index (χ4v) is 4.97. The summed E-state index contributed by atoms with van der Waals surface area (Å²) in [6.45, 7) is -2.24. The van der Waals surface area contributed by atoms with Gasteiger partial charge in [-0.1, -0.05) is 72.0 Å². The van der Waals surface area contributed by atoms with E-state index in [-0.39, 0.29) is 28.4 Å². The fourth-order valence-electron chi connectivity index (χ4n) is 3.96. The van der Waals surface area contributed by atoms with Crippen molar-refractivity contribution in [3.63, 3.8) is 0 Å². The quantitative estimate of drug-likeness (QED) is 0.441. The zero-order valence-corrected chi connectivity index (χ0v) is 18.0. The predicted octanol–water partition coefficient (Wildman–Crippen LogP) is 4.23. The van der Waals surface area contributed by atoms with Crippen LogP contribution in [0.5, 0.6) is 0 Å². The Morgan fingerprint density at radius 1 is 1.16 bits per heavy atom. The van der Waals surface area contributed by atoms with Gasteiger partial charge in [-0.2, -0.15) is 0 Å². The van der Waals surface area contributed by atoms with Crippen LogP contribution in [0.2, 0.25) is 0 Å². The SMILES string of the molecule is [2H]C([2H])(CC(=O)[C@H]1CCCN1c1nc2c(=O)n(C([2H])([2H])[2H])c(-c3ccccc3)nc2s1)c1ccccc1. The monoisotopic (exact) mass is 449 g/mol. The van der Waals surface area contributed by atoms with Gasteiger partial charge in [-0.15, -0.1) is 0 Å². The van der Waals surface area contributed by atoms with Gasteiger partial charge in [-0.3, -0.25) is 14.2 Å². The average molecular weight is 450 g/mol. The summed E-state index contributed by atoms with van der Waals surface area (Å²) in [6.07, 6.45) is -0.851. The molecule has 0 unspecified atom stereocenters. The van der Waals surface area contributed by atoms with E-state index in [0.29, 0.717) is 40.2 Å². The second-order valence-corrected chi connectivity index (χ2v) is 8.59. The molecule has 0 spiro atoms. The summed E-state index contributed by atoms with van der Waals surface area (Å²) in [5.41, 5.74) is 0.100. The molecule has 1 aliphatic heterocycles. The Morgan fingerprint density at radius 3 is 2.66 bits per heavy atom. The number of carbonyl (C=O) groups excluding carboxylic acids is 1. The zero-order chi connectivity index (χ0) is 26.4. The number of ketones is 1. The maximum absolute atomic E-state index is 13.3. The lowest BCUT2D eigenvalue weighted by molar-refractivity contribution is -0.120. The topological polar surface area (TPSA) is 68.1 Å². The lowest BCUT2D eigenvalue weighted by Crippen LogP contribution is -2.36. The first-order valence-corrected chi connectivity index (χ1v) is 11.2. The maximum atomic E-state index is 13.3. The molecule has 2 aromatic carbocycles. The van der Waals surface area contributed by atoms with E-state index in [0.717, 1.165) is 11.3 Å². The Hall–Kier alpha value is -3.32. The normalized spacial score (nSPS) is 19.2. The van der Waals surface area contributed by atoms with Gasteiger partial charge in [0.1, 0.15) is 5.82 Å². The van der Waals surface area contributed by atoms with Crippen molar-refractivity contribution in [2.24, 2.45) is 6.98 Å². The molecule has 1 atom stereocenters. The van der Waals surface area contributed by atoms with Crippen molar-refractivity contribution in [1.29, 1.82) is 0 Å². The maximum Gasteiger partial charge on any atom is 0.281 e. The van der Waals surface area contributed by atoms with Crippen LogP contribution in [0.1, 0.15) is 31.7 Å². The van der Waals surface area contributed by atoms with Crippen molar-refractivity contribution >= 4 is 32.6 Å². The van der Waals surface area contributed by atoms with E-state index in [9.17, 15) is 9.59 Å². The number of rotatable bonds is 6.